The lowest BCUT2D eigenvalue weighted by molar-refractivity contribution is 0.233. The van der Waals surface area contributed by atoms with Crippen LogP contribution in [0.1, 0.15) is 55.7 Å². The van der Waals surface area contributed by atoms with Crippen molar-refractivity contribution >= 4 is 15.9 Å². The lowest BCUT2D eigenvalue weighted by Gasteiger charge is -2.23. The molecular formula is C17H20BrFN2O. The van der Waals surface area contributed by atoms with Crippen molar-refractivity contribution < 1.29 is 8.91 Å². The molecule has 1 fully saturated rings. The van der Waals surface area contributed by atoms with Gasteiger partial charge in [0.1, 0.15) is 17.3 Å². The molecule has 2 aromatic rings. The highest BCUT2D eigenvalue weighted by Crippen LogP contribution is 2.34. The molecule has 1 aliphatic heterocycles. The van der Waals surface area contributed by atoms with Gasteiger partial charge in [-0.2, -0.15) is 0 Å². The molecule has 0 amide bonds. The maximum absolute atomic E-state index is 14.0. The van der Waals surface area contributed by atoms with Crippen LogP contribution >= 0.6 is 15.9 Å². The molecule has 1 atom stereocenters. The number of nitrogens with zero attached hydrogens (tertiary/aromatic N) is 2. The van der Waals surface area contributed by atoms with E-state index in [9.17, 15) is 4.39 Å². The SMILES string of the molecule is CC(C)c1cc([C@H]2CCCN2Cc2cc(Br)ccc2F)no1. The molecule has 0 spiro atoms. The highest BCUT2D eigenvalue weighted by Gasteiger charge is 2.29. The Balaban J connectivity index is 1.79. The van der Waals surface area contributed by atoms with Crippen molar-refractivity contribution in [3.05, 3.63) is 51.6 Å². The monoisotopic (exact) mass is 366 g/mol. The van der Waals surface area contributed by atoms with E-state index < -0.39 is 0 Å². The van der Waals surface area contributed by atoms with Crippen molar-refractivity contribution in [1.82, 2.24) is 10.1 Å². The molecule has 0 N–H and O–H groups in total. The zero-order valence-electron chi connectivity index (χ0n) is 12.9. The molecule has 1 saturated heterocycles. The Labute approximate surface area is 138 Å². The Kier molecular flexibility index (Phi) is 4.64. The molecule has 5 heteroatoms. The zero-order valence-corrected chi connectivity index (χ0v) is 14.4. The third-order valence-corrected chi connectivity index (χ3v) is 4.70. The Morgan fingerprint density at radius 2 is 2.23 bits per heavy atom. The van der Waals surface area contributed by atoms with Crippen LogP contribution in [-0.4, -0.2) is 16.6 Å². The second-order valence-corrected chi connectivity index (χ2v) is 7.09. The van der Waals surface area contributed by atoms with Gasteiger partial charge in [-0.1, -0.05) is 34.9 Å². The Bertz CT molecular complexity index is 656. The van der Waals surface area contributed by atoms with E-state index in [-0.39, 0.29) is 11.9 Å². The highest BCUT2D eigenvalue weighted by atomic mass is 79.9. The lowest BCUT2D eigenvalue weighted by Crippen LogP contribution is -2.23. The van der Waals surface area contributed by atoms with Gasteiger partial charge in [-0.3, -0.25) is 4.90 Å². The molecular weight excluding hydrogens is 347 g/mol. The number of hydrogen-bond acceptors (Lipinski definition) is 3. The molecule has 0 aliphatic carbocycles. The Hall–Kier alpha value is -1.20. The van der Waals surface area contributed by atoms with Gasteiger partial charge in [-0.25, -0.2) is 4.39 Å². The van der Waals surface area contributed by atoms with Crippen molar-refractivity contribution in [1.29, 1.82) is 0 Å². The maximum Gasteiger partial charge on any atom is 0.139 e. The van der Waals surface area contributed by atoms with Gasteiger partial charge in [-0.05, 0) is 37.6 Å². The van der Waals surface area contributed by atoms with Crippen LogP contribution in [0.3, 0.4) is 0 Å². The summed E-state index contributed by atoms with van der Waals surface area (Å²) >= 11 is 3.41. The minimum Gasteiger partial charge on any atom is -0.361 e. The first-order valence-corrected chi connectivity index (χ1v) is 8.48. The van der Waals surface area contributed by atoms with E-state index in [0.29, 0.717) is 18.0 Å². The van der Waals surface area contributed by atoms with Crippen LogP contribution in [0.2, 0.25) is 0 Å². The number of aromatic nitrogens is 1. The van der Waals surface area contributed by atoms with Crippen LogP contribution in [0.5, 0.6) is 0 Å². The quantitative estimate of drug-likeness (QED) is 0.759. The van der Waals surface area contributed by atoms with E-state index in [1.807, 2.05) is 12.1 Å². The zero-order chi connectivity index (χ0) is 15.7. The molecule has 3 nitrogen and oxygen atoms in total. The summed E-state index contributed by atoms with van der Waals surface area (Å²) in [7, 11) is 0. The van der Waals surface area contributed by atoms with Gasteiger partial charge in [-0.15, -0.1) is 0 Å². The smallest absolute Gasteiger partial charge is 0.139 e. The van der Waals surface area contributed by atoms with Crippen molar-refractivity contribution in [3.8, 4) is 0 Å². The van der Waals surface area contributed by atoms with Crippen molar-refractivity contribution in [2.24, 2.45) is 0 Å². The molecule has 1 aliphatic rings. The van der Waals surface area contributed by atoms with Crippen molar-refractivity contribution in [3.63, 3.8) is 0 Å². The van der Waals surface area contributed by atoms with Crippen LogP contribution in [-0.2, 0) is 6.54 Å². The number of benzene rings is 1. The van der Waals surface area contributed by atoms with Gasteiger partial charge >= 0.3 is 0 Å². The fourth-order valence-corrected chi connectivity index (χ4v) is 3.38. The number of likely N-dealkylation sites (tertiary alicyclic amines) is 1. The minimum atomic E-state index is -0.156. The topological polar surface area (TPSA) is 29.3 Å². The van der Waals surface area contributed by atoms with Crippen LogP contribution in [0.15, 0.2) is 33.3 Å². The first-order valence-electron chi connectivity index (χ1n) is 7.69. The number of rotatable bonds is 4. The summed E-state index contributed by atoms with van der Waals surface area (Å²) < 4.78 is 20.3. The van der Waals surface area contributed by atoms with E-state index in [1.54, 1.807) is 6.07 Å². The third kappa shape index (κ3) is 3.25. The summed E-state index contributed by atoms with van der Waals surface area (Å²) in [4.78, 5) is 2.28. The summed E-state index contributed by atoms with van der Waals surface area (Å²) in [6.07, 6.45) is 2.14. The second-order valence-electron chi connectivity index (χ2n) is 6.17. The molecule has 22 heavy (non-hydrogen) atoms. The Morgan fingerprint density at radius 3 is 2.95 bits per heavy atom. The Morgan fingerprint density at radius 1 is 1.41 bits per heavy atom. The maximum atomic E-state index is 14.0. The van der Waals surface area contributed by atoms with E-state index in [0.717, 1.165) is 35.3 Å². The van der Waals surface area contributed by atoms with Crippen LogP contribution in [0.4, 0.5) is 4.39 Å². The number of hydrogen-bond donors (Lipinski definition) is 0. The first-order chi connectivity index (χ1) is 10.5. The first kappa shape index (κ1) is 15.7. The van der Waals surface area contributed by atoms with Crippen LogP contribution in [0, 0.1) is 5.82 Å². The van der Waals surface area contributed by atoms with Gasteiger partial charge in [0.15, 0.2) is 0 Å². The summed E-state index contributed by atoms with van der Waals surface area (Å²) in [5, 5.41) is 4.23. The van der Waals surface area contributed by atoms with E-state index in [4.69, 9.17) is 4.52 Å². The lowest BCUT2D eigenvalue weighted by atomic mass is 10.1. The molecule has 1 aromatic carbocycles. The molecule has 0 unspecified atom stereocenters. The molecule has 1 aromatic heterocycles. The van der Waals surface area contributed by atoms with Crippen LogP contribution < -0.4 is 0 Å². The van der Waals surface area contributed by atoms with E-state index in [2.05, 4.69) is 39.8 Å². The van der Waals surface area contributed by atoms with Crippen LogP contribution in [0.25, 0.3) is 0 Å². The molecule has 0 saturated carbocycles. The predicted octanol–water partition coefficient (Wildman–Crippen LogP) is 5.04. The third-order valence-electron chi connectivity index (χ3n) is 4.20. The van der Waals surface area contributed by atoms with E-state index in [1.165, 1.54) is 6.07 Å². The van der Waals surface area contributed by atoms with Crippen molar-refractivity contribution in [2.45, 2.75) is 45.2 Å². The summed E-state index contributed by atoms with van der Waals surface area (Å²) in [6, 6.07) is 7.36. The summed E-state index contributed by atoms with van der Waals surface area (Å²) in [6.45, 7) is 5.74. The predicted molar refractivity (Wildman–Crippen MR) is 87.1 cm³/mol. The van der Waals surface area contributed by atoms with E-state index >= 15 is 0 Å². The second kappa shape index (κ2) is 6.50. The summed E-state index contributed by atoms with van der Waals surface area (Å²) in [5.41, 5.74) is 1.69. The average molecular weight is 367 g/mol. The molecule has 0 bridgehead atoms. The fourth-order valence-electron chi connectivity index (χ4n) is 2.97. The molecule has 0 radical (unpaired) electrons. The van der Waals surface area contributed by atoms with Gasteiger partial charge in [0, 0.05) is 28.6 Å². The highest BCUT2D eigenvalue weighted by molar-refractivity contribution is 9.10. The van der Waals surface area contributed by atoms with Crippen molar-refractivity contribution in [2.75, 3.05) is 6.54 Å². The van der Waals surface area contributed by atoms with Gasteiger partial charge in [0.2, 0.25) is 0 Å². The molecule has 118 valence electrons. The largest absolute Gasteiger partial charge is 0.361 e. The molecule has 2 heterocycles. The summed E-state index contributed by atoms with van der Waals surface area (Å²) in [5.74, 6) is 1.09. The normalized spacial score (nSPS) is 19.2. The van der Waals surface area contributed by atoms with Gasteiger partial charge in [0.25, 0.3) is 0 Å². The molecule has 3 rings (SSSR count). The minimum absolute atomic E-state index is 0.156. The average Bonchev–Trinajstić information content (AvgIpc) is 3.11. The van der Waals surface area contributed by atoms with Gasteiger partial charge in [0.05, 0.1) is 6.04 Å². The standard InChI is InChI=1S/C17H20BrFN2O/c1-11(2)17-9-15(20-22-17)16-4-3-7-21(16)10-12-8-13(18)5-6-14(12)19/h5-6,8-9,11,16H,3-4,7,10H2,1-2H3/t16-/m1/s1. The fraction of sp³-hybridized carbons (Fsp3) is 0.471. The number of halogens is 2. The van der Waals surface area contributed by atoms with Gasteiger partial charge < -0.3 is 4.52 Å².